The number of imide groups is 2. The molecule has 12 heteroatoms. The third-order valence-electron chi connectivity index (χ3n) is 7.15. The molecule has 3 heterocycles. The number of esters is 1. The fraction of sp³-hybridized carbons (Fsp3) is 0.538. The van der Waals surface area contributed by atoms with E-state index in [1.807, 2.05) is 4.90 Å². The van der Waals surface area contributed by atoms with E-state index in [4.69, 9.17) is 9.47 Å². The number of likely N-dealkylation sites (tertiary alicyclic amines) is 1. The van der Waals surface area contributed by atoms with E-state index >= 15 is 0 Å². The fourth-order valence-corrected chi connectivity index (χ4v) is 4.81. The Bertz CT molecular complexity index is 1110. The number of ether oxygens (including phenoxy) is 2. The van der Waals surface area contributed by atoms with Crippen LogP contribution in [-0.4, -0.2) is 101 Å². The Morgan fingerprint density at radius 1 is 1.03 bits per heavy atom. The number of hydrogen-bond donors (Lipinski definition) is 1. The van der Waals surface area contributed by atoms with Crippen molar-refractivity contribution >= 4 is 35.5 Å². The van der Waals surface area contributed by atoms with Crippen molar-refractivity contribution < 1.29 is 38.2 Å². The van der Waals surface area contributed by atoms with E-state index in [9.17, 15) is 28.8 Å². The smallest absolute Gasteiger partial charge is 0.330 e. The summed E-state index contributed by atoms with van der Waals surface area (Å²) in [7, 11) is 0. The Morgan fingerprint density at radius 3 is 2.21 bits per heavy atom. The maximum atomic E-state index is 13.2. The van der Waals surface area contributed by atoms with Gasteiger partial charge >= 0.3 is 5.97 Å². The maximum Gasteiger partial charge on any atom is 0.330 e. The number of nitrogens with zero attached hydrogens (tertiary/aromatic N) is 3. The molecule has 3 aliphatic heterocycles. The Hall–Kier alpha value is -3.64. The average molecular weight is 529 g/mol. The van der Waals surface area contributed by atoms with Crippen LogP contribution in [0.15, 0.2) is 24.3 Å². The van der Waals surface area contributed by atoms with Gasteiger partial charge in [-0.1, -0.05) is 26.0 Å². The number of carbonyl (C=O) groups excluding carboxylic acids is 6. The van der Waals surface area contributed by atoms with Crippen LogP contribution >= 0.6 is 0 Å². The number of carbonyl (C=O) groups is 6. The molecule has 0 saturated carbocycles. The standard InChI is InChI=1S/C26H32N4O8/c1-15(2)21(27-22(32)16(3)28-10-12-37-13-11-28)26(36)38-14-29-20(31)9-8-19(25(29)35)30-23(33)17-6-4-5-7-18(17)24(30)34/h4-7,15-16,19,21H,8-14H2,1-3H3,(H,27,32). The van der Waals surface area contributed by atoms with Crippen molar-refractivity contribution in [1.29, 1.82) is 0 Å². The molecule has 1 aromatic rings. The first kappa shape index (κ1) is 27.4. The van der Waals surface area contributed by atoms with Gasteiger partial charge in [0.05, 0.1) is 30.4 Å². The van der Waals surface area contributed by atoms with Crippen LogP contribution in [0.3, 0.4) is 0 Å². The summed E-state index contributed by atoms with van der Waals surface area (Å²) in [6.07, 6.45) is -0.125. The van der Waals surface area contributed by atoms with E-state index in [-0.39, 0.29) is 35.8 Å². The molecule has 0 aliphatic carbocycles. The van der Waals surface area contributed by atoms with Crippen molar-refractivity contribution in [2.24, 2.45) is 5.92 Å². The Kier molecular flexibility index (Phi) is 8.22. The van der Waals surface area contributed by atoms with Gasteiger partial charge in [-0.25, -0.2) is 9.69 Å². The second-order valence-corrected chi connectivity index (χ2v) is 9.89. The van der Waals surface area contributed by atoms with E-state index in [2.05, 4.69) is 5.32 Å². The van der Waals surface area contributed by atoms with Crippen LogP contribution in [0.2, 0.25) is 0 Å². The molecule has 5 amide bonds. The van der Waals surface area contributed by atoms with Crippen LogP contribution in [-0.2, 0) is 28.7 Å². The van der Waals surface area contributed by atoms with E-state index in [0.717, 1.165) is 9.80 Å². The van der Waals surface area contributed by atoms with Gasteiger partial charge in [-0.15, -0.1) is 0 Å². The zero-order valence-electron chi connectivity index (χ0n) is 21.7. The molecule has 12 nitrogen and oxygen atoms in total. The molecule has 0 aromatic heterocycles. The summed E-state index contributed by atoms with van der Waals surface area (Å²) in [4.78, 5) is 80.8. The molecule has 1 N–H and O–H groups in total. The first-order valence-electron chi connectivity index (χ1n) is 12.7. The van der Waals surface area contributed by atoms with Crippen molar-refractivity contribution in [1.82, 2.24) is 20.0 Å². The van der Waals surface area contributed by atoms with Gasteiger partial charge < -0.3 is 14.8 Å². The van der Waals surface area contributed by atoms with Crippen molar-refractivity contribution in [2.45, 2.75) is 51.7 Å². The van der Waals surface area contributed by atoms with Crippen LogP contribution < -0.4 is 5.32 Å². The maximum absolute atomic E-state index is 13.2. The topological polar surface area (TPSA) is 143 Å². The van der Waals surface area contributed by atoms with E-state index in [1.54, 1.807) is 32.9 Å². The number of benzene rings is 1. The third kappa shape index (κ3) is 5.32. The summed E-state index contributed by atoms with van der Waals surface area (Å²) in [5.41, 5.74) is 0.393. The molecule has 204 valence electrons. The predicted octanol–water partition coefficient (Wildman–Crippen LogP) is 0.162. The average Bonchev–Trinajstić information content (AvgIpc) is 3.16. The summed E-state index contributed by atoms with van der Waals surface area (Å²) >= 11 is 0. The molecule has 4 rings (SSSR count). The van der Waals surface area contributed by atoms with Gasteiger partial charge in [-0.3, -0.25) is 33.8 Å². The van der Waals surface area contributed by atoms with Gasteiger partial charge in [0, 0.05) is 19.5 Å². The van der Waals surface area contributed by atoms with Crippen LogP contribution in [0.1, 0.15) is 54.3 Å². The Balaban J connectivity index is 1.39. The molecule has 1 aromatic carbocycles. The molecule has 3 unspecified atom stereocenters. The lowest BCUT2D eigenvalue weighted by Crippen LogP contribution is -2.57. The first-order valence-corrected chi connectivity index (χ1v) is 12.7. The molecule has 3 atom stereocenters. The number of nitrogens with one attached hydrogen (secondary N) is 1. The minimum absolute atomic E-state index is 0.0162. The summed E-state index contributed by atoms with van der Waals surface area (Å²) in [5.74, 6) is -4.07. The van der Waals surface area contributed by atoms with Crippen molar-refractivity contribution in [3.05, 3.63) is 35.4 Å². The summed E-state index contributed by atoms with van der Waals surface area (Å²) in [6, 6.07) is 3.58. The van der Waals surface area contributed by atoms with Crippen LogP contribution in [0.4, 0.5) is 0 Å². The lowest BCUT2D eigenvalue weighted by atomic mass is 10.0. The summed E-state index contributed by atoms with van der Waals surface area (Å²) in [6.45, 7) is 6.77. The summed E-state index contributed by atoms with van der Waals surface area (Å²) < 4.78 is 10.6. The van der Waals surface area contributed by atoms with Gasteiger partial charge in [0.1, 0.15) is 12.1 Å². The molecule has 0 radical (unpaired) electrons. The highest BCUT2D eigenvalue weighted by Crippen LogP contribution is 2.29. The molecule has 2 saturated heterocycles. The number of piperidine rings is 1. The number of morpholine rings is 1. The van der Waals surface area contributed by atoms with Gasteiger partial charge in [0.15, 0.2) is 6.73 Å². The molecule has 0 spiro atoms. The third-order valence-corrected chi connectivity index (χ3v) is 7.15. The summed E-state index contributed by atoms with van der Waals surface area (Å²) in [5, 5.41) is 2.72. The zero-order chi connectivity index (χ0) is 27.6. The van der Waals surface area contributed by atoms with E-state index in [1.165, 1.54) is 12.1 Å². The molecular formula is C26H32N4O8. The normalized spacial score (nSPS) is 21.9. The fourth-order valence-electron chi connectivity index (χ4n) is 4.81. The van der Waals surface area contributed by atoms with Crippen molar-refractivity contribution in [2.75, 3.05) is 33.0 Å². The largest absolute Gasteiger partial charge is 0.442 e. The Morgan fingerprint density at radius 2 is 1.63 bits per heavy atom. The monoisotopic (exact) mass is 528 g/mol. The van der Waals surface area contributed by atoms with Crippen molar-refractivity contribution in [3.8, 4) is 0 Å². The molecule has 0 bridgehead atoms. The minimum Gasteiger partial charge on any atom is -0.442 e. The van der Waals surface area contributed by atoms with Gasteiger partial charge in [-0.2, -0.15) is 0 Å². The quantitative estimate of drug-likeness (QED) is 0.369. The van der Waals surface area contributed by atoms with Crippen LogP contribution in [0, 0.1) is 5.92 Å². The highest BCUT2D eigenvalue weighted by atomic mass is 16.5. The zero-order valence-corrected chi connectivity index (χ0v) is 21.7. The van der Waals surface area contributed by atoms with E-state index in [0.29, 0.717) is 26.3 Å². The van der Waals surface area contributed by atoms with Crippen LogP contribution in [0.25, 0.3) is 0 Å². The second kappa shape index (κ2) is 11.4. The number of hydrogen-bond acceptors (Lipinski definition) is 9. The van der Waals surface area contributed by atoms with Gasteiger partial charge in [0.25, 0.3) is 17.7 Å². The highest BCUT2D eigenvalue weighted by Gasteiger charge is 2.47. The number of rotatable bonds is 8. The minimum atomic E-state index is -1.19. The molecular weight excluding hydrogens is 496 g/mol. The van der Waals surface area contributed by atoms with Gasteiger partial charge in [0.2, 0.25) is 11.8 Å². The molecule has 38 heavy (non-hydrogen) atoms. The first-order chi connectivity index (χ1) is 18.1. The predicted molar refractivity (Wildman–Crippen MR) is 131 cm³/mol. The number of fused-ring (bicyclic) bond motifs is 1. The second-order valence-electron chi connectivity index (χ2n) is 9.89. The molecule has 2 fully saturated rings. The van der Waals surface area contributed by atoms with Gasteiger partial charge in [-0.05, 0) is 31.4 Å². The lowest BCUT2D eigenvalue weighted by molar-refractivity contribution is -0.166. The lowest BCUT2D eigenvalue weighted by Gasteiger charge is -2.34. The Labute approximate surface area is 220 Å². The van der Waals surface area contributed by atoms with Crippen molar-refractivity contribution in [3.63, 3.8) is 0 Å². The SMILES string of the molecule is CC(C)C(NC(=O)C(C)N1CCOCC1)C(=O)OCN1C(=O)CCC(N2C(=O)c3ccccc3C2=O)C1=O. The molecule has 3 aliphatic rings. The number of amides is 5. The highest BCUT2D eigenvalue weighted by molar-refractivity contribution is 6.23. The van der Waals surface area contributed by atoms with E-state index < -0.39 is 54.5 Å². The van der Waals surface area contributed by atoms with Crippen LogP contribution in [0.5, 0.6) is 0 Å².